The van der Waals surface area contributed by atoms with Crippen LogP contribution in [0.25, 0.3) is 0 Å². The van der Waals surface area contributed by atoms with Gasteiger partial charge in [0.1, 0.15) is 5.76 Å². The first-order valence-electron chi connectivity index (χ1n) is 6.50. The Balaban J connectivity index is 1.89. The molecule has 0 spiro atoms. The van der Waals surface area contributed by atoms with Gasteiger partial charge >= 0.3 is 0 Å². The summed E-state index contributed by atoms with van der Waals surface area (Å²) in [5, 5.41) is 6.61. The van der Waals surface area contributed by atoms with E-state index in [1.54, 1.807) is 18.4 Å². The fourth-order valence-electron chi connectivity index (χ4n) is 1.86. The summed E-state index contributed by atoms with van der Waals surface area (Å²) in [6.07, 6.45) is 1.61. The largest absolute Gasteiger partial charge is 0.494 e. The molecule has 2 rings (SSSR count). The predicted molar refractivity (Wildman–Crippen MR) is 82.6 cm³/mol. The van der Waals surface area contributed by atoms with E-state index in [1.165, 1.54) is 13.2 Å². The van der Waals surface area contributed by atoms with Crippen molar-refractivity contribution in [2.24, 2.45) is 0 Å². The maximum Gasteiger partial charge on any atom is 0.167 e. The van der Waals surface area contributed by atoms with Crippen molar-refractivity contribution < 1.29 is 13.5 Å². The molecule has 1 atom stereocenters. The Morgan fingerprint density at radius 2 is 2.24 bits per heavy atom. The first-order valence-corrected chi connectivity index (χ1v) is 6.91. The van der Waals surface area contributed by atoms with Gasteiger partial charge in [-0.2, -0.15) is 0 Å². The van der Waals surface area contributed by atoms with Crippen molar-refractivity contribution in [2.45, 2.75) is 19.5 Å². The molecule has 0 aliphatic carbocycles. The van der Waals surface area contributed by atoms with Gasteiger partial charge in [0, 0.05) is 0 Å². The van der Waals surface area contributed by atoms with E-state index in [0.29, 0.717) is 11.7 Å². The lowest BCUT2D eigenvalue weighted by atomic mass is 10.1. The fourth-order valence-corrected chi connectivity index (χ4v) is 2.11. The summed E-state index contributed by atoms with van der Waals surface area (Å²) in [6, 6.07) is 8.39. The number of halogens is 1. The molecule has 1 heterocycles. The van der Waals surface area contributed by atoms with Crippen molar-refractivity contribution in [1.82, 2.24) is 10.6 Å². The van der Waals surface area contributed by atoms with Gasteiger partial charge in [0.05, 0.1) is 26.0 Å². The minimum Gasteiger partial charge on any atom is -0.494 e. The molecule has 0 unspecified atom stereocenters. The van der Waals surface area contributed by atoms with E-state index in [2.05, 4.69) is 10.6 Å². The Morgan fingerprint density at radius 1 is 1.43 bits per heavy atom. The molecular formula is C15H17FN2O2S. The number of rotatable bonds is 5. The third-order valence-electron chi connectivity index (χ3n) is 3.03. The zero-order valence-electron chi connectivity index (χ0n) is 11.9. The lowest BCUT2D eigenvalue weighted by Crippen LogP contribution is -2.36. The van der Waals surface area contributed by atoms with Gasteiger partial charge in [-0.15, -0.1) is 0 Å². The summed E-state index contributed by atoms with van der Waals surface area (Å²) < 4.78 is 23.8. The summed E-state index contributed by atoms with van der Waals surface area (Å²) in [6.45, 7) is 2.41. The normalized spacial score (nSPS) is 11.8. The highest BCUT2D eigenvalue weighted by Gasteiger charge is 2.10. The Kier molecular flexibility index (Phi) is 5.16. The summed E-state index contributed by atoms with van der Waals surface area (Å²) in [7, 11) is 1.44. The van der Waals surface area contributed by atoms with Gasteiger partial charge in [-0.1, -0.05) is 6.07 Å². The summed E-state index contributed by atoms with van der Waals surface area (Å²) >= 11 is 5.20. The summed E-state index contributed by atoms with van der Waals surface area (Å²) in [5.74, 6) is 0.630. The van der Waals surface area contributed by atoms with E-state index < -0.39 is 5.82 Å². The van der Waals surface area contributed by atoms with Gasteiger partial charge in [-0.05, 0) is 49.0 Å². The van der Waals surface area contributed by atoms with Crippen molar-refractivity contribution in [1.29, 1.82) is 0 Å². The lowest BCUT2D eigenvalue weighted by Gasteiger charge is -2.17. The maximum atomic E-state index is 13.7. The van der Waals surface area contributed by atoms with Gasteiger partial charge in [0.15, 0.2) is 16.7 Å². The molecule has 0 bridgehead atoms. The molecule has 2 aromatic rings. The van der Waals surface area contributed by atoms with Crippen LogP contribution >= 0.6 is 12.2 Å². The minimum absolute atomic E-state index is 0.123. The highest BCUT2D eigenvalue weighted by atomic mass is 32.1. The standard InChI is InChI=1S/C15H17FN2O2S/c1-10(11-5-6-14(19-2)13(16)8-11)18-15(21)17-9-12-4-3-7-20-12/h3-8,10H,9H2,1-2H3,(H2,17,18,21)/t10-/m0/s1. The first kappa shape index (κ1) is 15.3. The van der Waals surface area contributed by atoms with Crippen LogP contribution in [0.1, 0.15) is 24.3 Å². The molecule has 0 aliphatic rings. The van der Waals surface area contributed by atoms with E-state index >= 15 is 0 Å². The minimum atomic E-state index is -0.391. The number of benzene rings is 1. The molecule has 0 amide bonds. The molecule has 4 nitrogen and oxygen atoms in total. The second-order valence-electron chi connectivity index (χ2n) is 4.52. The van der Waals surface area contributed by atoms with Crippen LogP contribution in [0.4, 0.5) is 4.39 Å². The average Bonchev–Trinajstić information content (AvgIpc) is 2.98. The van der Waals surface area contributed by atoms with Gasteiger partial charge in [-0.3, -0.25) is 0 Å². The second kappa shape index (κ2) is 7.08. The highest BCUT2D eigenvalue weighted by molar-refractivity contribution is 7.80. The second-order valence-corrected chi connectivity index (χ2v) is 4.93. The molecular weight excluding hydrogens is 291 g/mol. The van der Waals surface area contributed by atoms with Gasteiger partial charge < -0.3 is 19.8 Å². The quantitative estimate of drug-likeness (QED) is 0.831. The molecule has 0 saturated carbocycles. The molecule has 1 aromatic carbocycles. The third-order valence-corrected chi connectivity index (χ3v) is 3.29. The molecule has 0 radical (unpaired) electrons. The molecule has 0 saturated heterocycles. The van der Waals surface area contributed by atoms with Gasteiger partial charge in [-0.25, -0.2) is 4.39 Å². The van der Waals surface area contributed by atoms with E-state index in [-0.39, 0.29) is 11.8 Å². The predicted octanol–water partition coefficient (Wildman–Crippen LogP) is 3.15. The zero-order chi connectivity index (χ0) is 15.2. The van der Waals surface area contributed by atoms with Crippen LogP contribution in [0.2, 0.25) is 0 Å². The van der Waals surface area contributed by atoms with Crippen LogP contribution in [0.5, 0.6) is 5.75 Å². The smallest absolute Gasteiger partial charge is 0.167 e. The molecule has 2 N–H and O–H groups in total. The van der Waals surface area contributed by atoms with Crippen molar-refractivity contribution in [3.05, 3.63) is 53.7 Å². The van der Waals surface area contributed by atoms with Crippen LogP contribution in [0, 0.1) is 5.82 Å². The van der Waals surface area contributed by atoms with Crippen LogP contribution in [0.3, 0.4) is 0 Å². The Bertz CT molecular complexity index is 602. The van der Waals surface area contributed by atoms with Gasteiger partial charge in [0.25, 0.3) is 0 Å². The topological polar surface area (TPSA) is 46.4 Å². The van der Waals surface area contributed by atoms with Crippen LogP contribution in [-0.2, 0) is 6.54 Å². The van der Waals surface area contributed by atoms with E-state index in [0.717, 1.165) is 11.3 Å². The number of ether oxygens (including phenoxy) is 1. The number of furan rings is 1. The molecule has 0 fully saturated rings. The molecule has 1 aromatic heterocycles. The third kappa shape index (κ3) is 4.19. The van der Waals surface area contributed by atoms with Gasteiger partial charge in [0.2, 0.25) is 0 Å². The number of methoxy groups -OCH3 is 1. The molecule has 21 heavy (non-hydrogen) atoms. The Morgan fingerprint density at radius 3 is 2.86 bits per heavy atom. The van der Waals surface area contributed by atoms with Crippen molar-refractivity contribution in [3.8, 4) is 5.75 Å². The zero-order valence-corrected chi connectivity index (χ0v) is 12.7. The summed E-state index contributed by atoms with van der Waals surface area (Å²) in [5.41, 5.74) is 0.787. The van der Waals surface area contributed by atoms with Crippen molar-refractivity contribution in [3.63, 3.8) is 0 Å². The Labute approximate surface area is 128 Å². The fraction of sp³-hybridized carbons (Fsp3) is 0.267. The highest BCUT2D eigenvalue weighted by Crippen LogP contribution is 2.21. The average molecular weight is 308 g/mol. The molecule has 0 aliphatic heterocycles. The molecule has 112 valence electrons. The van der Waals surface area contributed by atoms with E-state index in [1.807, 2.05) is 19.1 Å². The SMILES string of the molecule is COc1ccc([C@H](C)NC(=S)NCc2ccco2)cc1F. The van der Waals surface area contributed by atoms with Crippen LogP contribution in [0.15, 0.2) is 41.0 Å². The number of hydrogen-bond donors (Lipinski definition) is 2. The van der Waals surface area contributed by atoms with Crippen LogP contribution in [-0.4, -0.2) is 12.2 Å². The van der Waals surface area contributed by atoms with Crippen molar-refractivity contribution >= 4 is 17.3 Å². The first-order chi connectivity index (χ1) is 10.1. The monoisotopic (exact) mass is 308 g/mol. The van der Waals surface area contributed by atoms with Crippen molar-refractivity contribution in [2.75, 3.05) is 7.11 Å². The maximum absolute atomic E-state index is 13.7. The number of hydrogen-bond acceptors (Lipinski definition) is 3. The number of nitrogens with one attached hydrogen (secondary N) is 2. The summed E-state index contributed by atoms with van der Waals surface area (Å²) in [4.78, 5) is 0. The van der Waals surface area contributed by atoms with Crippen LogP contribution < -0.4 is 15.4 Å². The lowest BCUT2D eigenvalue weighted by molar-refractivity contribution is 0.386. The molecule has 6 heteroatoms. The van der Waals surface area contributed by atoms with E-state index in [4.69, 9.17) is 21.4 Å². The number of thiocarbonyl (C=S) groups is 1. The Hall–Kier alpha value is -2.08. The van der Waals surface area contributed by atoms with E-state index in [9.17, 15) is 4.39 Å².